The standard InChI is InChI=1S/C9H15NO/c1-8(11-7-10)9-5-3-2-4-6-9/h8-9H,2-6H2,1H3/t8-/m0/s1. The summed E-state index contributed by atoms with van der Waals surface area (Å²) in [5.41, 5.74) is 0. The van der Waals surface area contributed by atoms with Crippen molar-refractivity contribution in [2.45, 2.75) is 45.1 Å². The summed E-state index contributed by atoms with van der Waals surface area (Å²) in [6.45, 7) is 2.00. The molecule has 11 heavy (non-hydrogen) atoms. The van der Waals surface area contributed by atoms with E-state index in [-0.39, 0.29) is 6.10 Å². The van der Waals surface area contributed by atoms with E-state index < -0.39 is 0 Å². The van der Waals surface area contributed by atoms with Gasteiger partial charge in [0.05, 0.1) is 0 Å². The maximum atomic E-state index is 8.30. The minimum absolute atomic E-state index is 0.139. The van der Waals surface area contributed by atoms with Gasteiger partial charge in [0, 0.05) is 0 Å². The summed E-state index contributed by atoms with van der Waals surface area (Å²) in [6.07, 6.45) is 8.36. The zero-order valence-corrected chi connectivity index (χ0v) is 7.05. The van der Waals surface area contributed by atoms with Crippen molar-refractivity contribution in [2.24, 2.45) is 5.92 Å². The number of nitrogens with zero attached hydrogens (tertiary/aromatic N) is 1. The second-order valence-electron chi connectivity index (χ2n) is 3.31. The Morgan fingerprint density at radius 3 is 2.55 bits per heavy atom. The Morgan fingerprint density at radius 2 is 2.00 bits per heavy atom. The SMILES string of the molecule is C[C@H](OC#N)C1CCCCC1. The number of hydrogen-bond donors (Lipinski definition) is 0. The number of hydrogen-bond acceptors (Lipinski definition) is 2. The molecule has 1 saturated carbocycles. The summed E-state index contributed by atoms with van der Waals surface area (Å²) in [5.74, 6) is 0.628. The van der Waals surface area contributed by atoms with E-state index in [1.54, 1.807) is 6.26 Å². The molecule has 0 radical (unpaired) electrons. The lowest BCUT2D eigenvalue weighted by Crippen LogP contribution is -2.21. The summed E-state index contributed by atoms with van der Waals surface area (Å²) in [7, 11) is 0. The zero-order chi connectivity index (χ0) is 8.10. The minimum Gasteiger partial charge on any atom is -0.424 e. The molecule has 0 aromatic rings. The fourth-order valence-corrected chi connectivity index (χ4v) is 1.78. The summed E-state index contributed by atoms with van der Waals surface area (Å²) in [5, 5.41) is 8.30. The van der Waals surface area contributed by atoms with Gasteiger partial charge in [-0.25, -0.2) is 0 Å². The first-order valence-corrected chi connectivity index (χ1v) is 4.39. The van der Waals surface area contributed by atoms with Crippen molar-refractivity contribution in [3.05, 3.63) is 0 Å². The van der Waals surface area contributed by atoms with Gasteiger partial charge >= 0.3 is 0 Å². The molecule has 0 aromatic heterocycles. The van der Waals surface area contributed by atoms with Crippen molar-refractivity contribution in [1.29, 1.82) is 5.26 Å². The molecule has 0 spiro atoms. The smallest absolute Gasteiger partial charge is 0.286 e. The highest BCUT2D eigenvalue weighted by atomic mass is 16.5. The molecule has 1 atom stereocenters. The summed E-state index contributed by atoms with van der Waals surface area (Å²) < 4.78 is 4.89. The van der Waals surface area contributed by atoms with E-state index in [4.69, 9.17) is 10.00 Å². The molecule has 0 bridgehead atoms. The number of rotatable bonds is 2. The van der Waals surface area contributed by atoms with Gasteiger partial charge in [0.2, 0.25) is 0 Å². The van der Waals surface area contributed by atoms with Crippen LogP contribution in [0.25, 0.3) is 0 Å². The van der Waals surface area contributed by atoms with Crippen molar-refractivity contribution in [1.82, 2.24) is 0 Å². The molecular weight excluding hydrogens is 138 g/mol. The molecule has 0 aliphatic heterocycles. The van der Waals surface area contributed by atoms with Gasteiger partial charge in [-0.05, 0) is 25.7 Å². The van der Waals surface area contributed by atoms with Crippen LogP contribution in [0.2, 0.25) is 0 Å². The number of nitriles is 1. The van der Waals surface area contributed by atoms with Crippen LogP contribution in [0.4, 0.5) is 0 Å². The zero-order valence-electron chi connectivity index (χ0n) is 7.05. The fourth-order valence-electron chi connectivity index (χ4n) is 1.78. The average Bonchev–Trinajstić information content (AvgIpc) is 2.07. The van der Waals surface area contributed by atoms with Gasteiger partial charge in [-0.1, -0.05) is 19.3 Å². The summed E-state index contributed by atoms with van der Waals surface area (Å²) in [4.78, 5) is 0. The maximum absolute atomic E-state index is 8.30. The van der Waals surface area contributed by atoms with Gasteiger partial charge in [-0.3, -0.25) is 0 Å². The summed E-state index contributed by atoms with van der Waals surface area (Å²) in [6, 6.07) is 0. The summed E-state index contributed by atoms with van der Waals surface area (Å²) >= 11 is 0. The molecule has 1 fully saturated rings. The van der Waals surface area contributed by atoms with E-state index in [9.17, 15) is 0 Å². The first kappa shape index (κ1) is 8.39. The second-order valence-corrected chi connectivity index (χ2v) is 3.31. The predicted molar refractivity (Wildman–Crippen MR) is 42.7 cm³/mol. The van der Waals surface area contributed by atoms with Gasteiger partial charge in [-0.15, -0.1) is 0 Å². The topological polar surface area (TPSA) is 33.0 Å². The molecule has 1 rings (SSSR count). The van der Waals surface area contributed by atoms with Crippen LogP contribution < -0.4 is 0 Å². The van der Waals surface area contributed by atoms with Crippen molar-refractivity contribution >= 4 is 0 Å². The van der Waals surface area contributed by atoms with Crippen molar-refractivity contribution in [2.75, 3.05) is 0 Å². The lowest BCUT2D eigenvalue weighted by Gasteiger charge is -2.25. The minimum atomic E-state index is 0.139. The van der Waals surface area contributed by atoms with Crippen LogP contribution in [0.15, 0.2) is 0 Å². The first-order chi connectivity index (χ1) is 5.34. The van der Waals surface area contributed by atoms with Gasteiger partial charge in [0.25, 0.3) is 6.26 Å². The molecule has 2 nitrogen and oxygen atoms in total. The van der Waals surface area contributed by atoms with E-state index in [2.05, 4.69) is 0 Å². The molecule has 0 heterocycles. The van der Waals surface area contributed by atoms with Crippen LogP contribution in [0.3, 0.4) is 0 Å². The molecule has 0 unspecified atom stereocenters. The van der Waals surface area contributed by atoms with E-state index in [1.807, 2.05) is 6.92 Å². The Hall–Kier alpha value is -0.710. The molecule has 1 aliphatic carbocycles. The van der Waals surface area contributed by atoms with Crippen LogP contribution in [-0.4, -0.2) is 6.10 Å². The van der Waals surface area contributed by atoms with E-state index in [0.717, 1.165) is 0 Å². The maximum Gasteiger partial charge on any atom is 0.286 e. The van der Waals surface area contributed by atoms with E-state index in [0.29, 0.717) is 5.92 Å². The molecule has 0 amide bonds. The Morgan fingerprint density at radius 1 is 1.36 bits per heavy atom. The van der Waals surface area contributed by atoms with Crippen LogP contribution in [0.5, 0.6) is 0 Å². The van der Waals surface area contributed by atoms with Crippen LogP contribution in [0.1, 0.15) is 39.0 Å². The molecule has 0 aromatic carbocycles. The highest BCUT2D eigenvalue weighted by molar-refractivity contribution is 4.73. The third-order valence-electron chi connectivity index (χ3n) is 2.55. The first-order valence-electron chi connectivity index (χ1n) is 4.39. The highest BCUT2D eigenvalue weighted by Crippen LogP contribution is 2.27. The average molecular weight is 153 g/mol. The third kappa shape index (κ3) is 2.42. The lowest BCUT2D eigenvalue weighted by atomic mass is 9.86. The molecule has 62 valence electrons. The normalized spacial score (nSPS) is 22.2. The van der Waals surface area contributed by atoms with Crippen LogP contribution >= 0.6 is 0 Å². The Labute approximate surface area is 68.2 Å². The molecule has 2 heteroatoms. The largest absolute Gasteiger partial charge is 0.424 e. The monoisotopic (exact) mass is 153 g/mol. The van der Waals surface area contributed by atoms with Gasteiger partial charge in [0.15, 0.2) is 0 Å². The predicted octanol–water partition coefficient (Wildman–Crippen LogP) is 2.45. The van der Waals surface area contributed by atoms with Crippen LogP contribution in [-0.2, 0) is 4.74 Å². The van der Waals surface area contributed by atoms with Crippen molar-refractivity contribution < 1.29 is 4.74 Å². The molecule has 1 aliphatic rings. The quantitative estimate of drug-likeness (QED) is 0.571. The van der Waals surface area contributed by atoms with Gasteiger partial charge < -0.3 is 4.74 Å². The molecule has 0 saturated heterocycles. The Balaban J connectivity index is 2.27. The lowest BCUT2D eigenvalue weighted by molar-refractivity contribution is 0.0937. The van der Waals surface area contributed by atoms with E-state index >= 15 is 0 Å². The number of ether oxygens (including phenoxy) is 1. The Kier molecular flexibility index (Phi) is 3.22. The van der Waals surface area contributed by atoms with Crippen molar-refractivity contribution in [3.63, 3.8) is 0 Å². The highest BCUT2D eigenvalue weighted by Gasteiger charge is 2.20. The second kappa shape index (κ2) is 4.23. The van der Waals surface area contributed by atoms with E-state index in [1.165, 1.54) is 32.1 Å². The molecule has 0 N–H and O–H groups in total. The Bertz CT molecular complexity index is 144. The fraction of sp³-hybridized carbons (Fsp3) is 0.889. The van der Waals surface area contributed by atoms with Crippen LogP contribution in [0, 0.1) is 17.4 Å². The van der Waals surface area contributed by atoms with Gasteiger partial charge in [0.1, 0.15) is 6.10 Å². The van der Waals surface area contributed by atoms with Gasteiger partial charge in [-0.2, -0.15) is 5.26 Å². The third-order valence-corrected chi connectivity index (χ3v) is 2.55. The molecular formula is C9H15NO. The van der Waals surface area contributed by atoms with Crippen molar-refractivity contribution in [3.8, 4) is 6.26 Å².